The fourth-order valence-electron chi connectivity index (χ4n) is 1.19. The first kappa shape index (κ1) is 14.6. The van der Waals surface area contributed by atoms with Crippen molar-refractivity contribution in [1.82, 2.24) is 0 Å². The second-order valence-corrected chi connectivity index (χ2v) is 4.28. The first-order valence-electron chi connectivity index (χ1n) is 3.84. The van der Waals surface area contributed by atoms with Crippen molar-refractivity contribution in [2.24, 2.45) is 0 Å². The van der Waals surface area contributed by atoms with Crippen molar-refractivity contribution in [2.45, 2.75) is 18.7 Å². The third-order valence-corrected chi connectivity index (χ3v) is 3.11. The minimum absolute atomic E-state index is 0. The van der Waals surface area contributed by atoms with Gasteiger partial charge in [0.15, 0.2) is 0 Å². The van der Waals surface area contributed by atoms with Gasteiger partial charge in [0.1, 0.15) is 10.1 Å². The molecule has 0 bridgehead atoms. The molecule has 1 aromatic rings. The zero-order valence-electron chi connectivity index (χ0n) is 8.73. The van der Waals surface area contributed by atoms with Gasteiger partial charge in [0.2, 0.25) is 0 Å². The Hall–Kier alpha value is -0.380. The molecular weight excluding hydrogens is 225 g/mol. The molecule has 0 spiro atoms. The van der Waals surface area contributed by atoms with E-state index in [1.165, 1.54) is 19.1 Å². The van der Waals surface area contributed by atoms with Crippen molar-refractivity contribution in [3.63, 3.8) is 0 Å². The molecule has 0 radical (unpaired) electrons. The Morgan fingerprint density at radius 3 is 2.20 bits per heavy atom. The number of nitriles is 1. The van der Waals surface area contributed by atoms with Gasteiger partial charge in [0.05, 0.1) is 16.5 Å². The van der Waals surface area contributed by atoms with E-state index in [0.29, 0.717) is 16.7 Å². The van der Waals surface area contributed by atoms with Gasteiger partial charge in [-0.15, -0.1) is 0 Å². The summed E-state index contributed by atoms with van der Waals surface area (Å²) in [6.07, 6.45) is 0. The Bertz CT molecular complexity index is 517. The zero-order chi connectivity index (χ0) is 10.9. The Kier molecular flexibility index (Phi) is 4.97. The molecule has 0 saturated carbocycles. The number of benzene rings is 1. The van der Waals surface area contributed by atoms with Crippen LogP contribution in [0.3, 0.4) is 0 Å². The van der Waals surface area contributed by atoms with Gasteiger partial charge >= 0.3 is 29.6 Å². The summed E-state index contributed by atoms with van der Waals surface area (Å²) in [6.45, 7) is 3.13. The van der Waals surface area contributed by atoms with Gasteiger partial charge in [-0.2, -0.15) is 5.26 Å². The summed E-state index contributed by atoms with van der Waals surface area (Å²) in [5, 5.41) is 8.66. The fraction of sp³-hybridized carbons (Fsp3) is 0.222. The summed E-state index contributed by atoms with van der Waals surface area (Å²) in [5.41, 5.74) is 1.26. The molecule has 0 aliphatic carbocycles. The van der Waals surface area contributed by atoms with Gasteiger partial charge in [-0.3, -0.25) is 0 Å². The summed E-state index contributed by atoms with van der Waals surface area (Å²) < 4.78 is 32.3. The van der Waals surface area contributed by atoms with Crippen LogP contribution in [-0.2, 0) is 10.1 Å². The fourth-order valence-corrected chi connectivity index (χ4v) is 1.95. The van der Waals surface area contributed by atoms with Crippen molar-refractivity contribution >= 4 is 10.1 Å². The molecule has 15 heavy (non-hydrogen) atoms. The van der Waals surface area contributed by atoms with Crippen LogP contribution < -0.4 is 29.6 Å². The van der Waals surface area contributed by atoms with Crippen LogP contribution >= 0.6 is 0 Å². The maximum atomic E-state index is 10.8. The van der Waals surface area contributed by atoms with Gasteiger partial charge in [-0.25, -0.2) is 8.42 Å². The molecule has 0 amide bonds. The van der Waals surface area contributed by atoms with Crippen LogP contribution in [0.2, 0.25) is 0 Å². The second-order valence-electron chi connectivity index (χ2n) is 2.93. The van der Waals surface area contributed by atoms with Gasteiger partial charge in [-0.1, -0.05) is 0 Å². The summed E-state index contributed by atoms with van der Waals surface area (Å²) in [7, 11) is -4.44. The molecule has 0 aromatic heterocycles. The molecule has 1 aromatic carbocycles. The van der Waals surface area contributed by atoms with Crippen LogP contribution in [0.4, 0.5) is 0 Å². The SMILES string of the molecule is Cc1c(C#N)ccc(S(=O)(=O)[O-])c1C.[Na+]. The van der Waals surface area contributed by atoms with E-state index in [2.05, 4.69) is 0 Å². The summed E-state index contributed by atoms with van der Waals surface area (Å²) in [4.78, 5) is -0.256. The quantitative estimate of drug-likeness (QED) is 0.418. The third kappa shape index (κ3) is 3.03. The van der Waals surface area contributed by atoms with E-state index in [-0.39, 0.29) is 34.5 Å². The van der Waals surface area contributed by atoms with Crippen LogP contribution in [0, 0.1) is 25.2 Å². The molecular formula is C9H8NNaO3S. The van der Waals surface area contributed by atoms with Crippen molar-refractivity contribution < 1.29 is 42.5 Å². The largest absolute Gasteiger partial charge is 1.00 e. The van der Waals surface area contributed by atoms with Gasteiger partial charge < -0.3 is 4.55 Å². The Morgan fingerprint density at radius 1 is 1.27 bits per heavy atom. The predicted octanol–water partition coefficient (Wildman–Crippen LogP) is -1.92. The number of hydrogen-bond donors (Lipinski definition) is 0. The summed E-state index contributed by atoms with van der Waals surface area (Å²) in [5.74, 6) is 0. The van der Waals surface area contributed by atoms with Crippen LogP contribution in [0.25, 0.3) is 0 Å². The van der Waals surface area contributed by atoms with Gasteiger partial charge in [-0.05, 0) is 37.1 Å². The monoisotopic (exact) mass is 233 g/mol. The molecule has 0 atom stereocenters. The summed E-state index contributed by atoms with van der Waals surface area (Å²) in [6, 6.07) is 4.43. The Balaban J connectivity index is 0.00000196. The smallest absolute Gasteiger partial charge is 0.744 e. The molecule has 0 saturated heterocycles. The second kappa shape index (κ2) is 5.10. The predicted molar refractivity (Wildman–Crippen MR) is 48.6 cm³/mol. The normalized spacial score (nSPS) is 10.3. The Morgan fingerprint density at radius 2 is 1.80 bits per heavy atom. The standard InChI is InChI=1S/C9H9NO3S.Na/c1-6-7(2)9(14(11,12)13)4-3-8(6)5-10;/h3-4H,1-2H3,(H,11,12,13);/q;+1/p-1. The number of nitrogens with zero attached hydrogens (tertiary/aromatic N) is 1. The van der Waals surface area contributed by atoms with Crippen molar-refractivity contribution in [2.75, 3.05) is 0 Å². The van der Waals surface area contributed by atoms with Gasteiger partial charge in [0.25, 0.3) is 0 Å². The molecule has 0 heterocycles. The van der Waals surface area contributed by atoms with E-state index in [0.717, 1.165) is 0 Å². The minimum atomic E-state index is -4.44. The zero-order valence-corrected chi connectivity index (χ0v) is 11.6. The topological polar surface area (TPSA) is 81.0 Å². The van der Waals surface area contributed by atoms with E-state index < -0.39 is 10.1 Å². The van der Waals surface area contributed by atoms with E-state index in [1.54, 1.807) is 6.92 Å². The number of hydrogen-bond acceptors (Lipinski definition) is 4. The van der Waals surface area contributed by atoms with E-state index in [4.69, 9.17) is 5.26 Å². The molecule has 0 unspecified atom stereocenters. The number of rotatable bonds is 1. The maximum absolute atomic E-state index is 10.8. The van der Waals surface area contributed by atoms with Crippen LogP contribution in [-0.4, -0.2) is 13.0 Å². The van der Waals surface area contributed by atoms with Crippen molar-refractivity contribution in [1.29, 1.82) is 5.26 Å². The van der Waals surface area contributed by atoms with Crippen molar-refractivity contribution in [3.05, 3.63) is 28.8 Å². The average Bonchev–Trinajstić information content (AvgIpc) is 2.07. The van der Waals surface area contributed by atoms with E-state index >= 15 is 0 Å². The first-order valence-corrected chi connectivity index (χ1v) is 5.25. The van der Waals surface area contributed by atoms with Crippen LogP contribution in [0.1, 0.15) is 16.7 Å². The first-order chi connectivity index (χ1) is 6.38. The van der Waals surface area contributed by atoms with Crippen LogP contribution in [0.5, 0.6) is 0 Å². The van der Waals surface area contributed by atoms with Crippen LogP contribution in [0.15, 0.2) is 17.0 Å². The molecule has 0 N–H and O–H groups in total. The molecule has 74 valence electrons. The van der Waals surface area contributed by atoms with E-state index in [9.17, 15) is 13.0 Å². The molecule has 0 fully saturated rings. The molecule has 0 aliphatic rings. The Labute approximate surface area is 111 Å². The maximum Gasteiger partial charge on any atom is 1.00 e. The molecule has 6 heteroatoms. The molecule has 4 nitrogen and oxygen atoms in total. The van der Waals surface area contributed by atoms with Crippen molar-refractivity contribution in [3.8, 4) is 6.07 Å². The molecule has 0 aliphatic heterocycles. The van der Waals surface area contributed by atoms with Gasteiger partial charge in [0, 0.05) is 0 Å². The van der Waals surface area contributed by atoms with E-state index in [1.807, 2.05) is 6.07 Å². The third-order valence-electron chi connectivity index (χ3n) is 2.13. The average molecular weight is 233 g/mol. The summed E-state index contributed by atoms with van der Waals surface area (Å²) >= 11 is 0. The molecule has 1 rings (SSSR count). The minimum Gasteiger partial charge on any atom is -0.744 e.